The number of carbonyl (C=O) groups is 1. The monoisotopic (exact) mass is 666 g/mol. The SMILES string of the molecule is Cc1cc(Oc2cccc(F)c2F)ccc1-n1ncc(C(=O)c2cc3c(-c4cccs4)cccc3n2S(=O)(=O)c2ccccc2)c1N. The maximum Gasteiger partial charge on any atom is 0.268 e. The standard InChI is InChI=1S/C35H24F2N4O4S2/c1-21-18-22(45-31-13-6-11-27(36)33(31)37)15-16-28(21)40-35(38)26(20-39-40)34(42)30-19-25-24(32-14-7-17-46-32)10-5-12-29(25)41(30)47(43,44)23-8-3-2-4-9-23/h2-20H,38H2,1H3. The Labute approximate surface area is 272 Å². The number of fused-ring (bicyclic) bond motifs is 1. The lowest BCUT2D eigenvalue weighted by Crippen LogP contribution is -2.19. The van der Waals surface area contributed by atoms with E-state index in [2.05, 4.69) is 5.10 Å². The van der Waals surface area contributed by atoms with Gasteiger partial charge in [0.2, 0.25) is 11.6 Å². The summed E-state index contributed by atoms with van der Waals surface area (Å²) in [7, 11) is -4.23. The molecule has 0 bridgehead atoms. The van der Waals surface area contributed by atoms with Gasteiger partial charge in [0.15, 0.2) is 11.6 Å². The second-order valence-electron chi connectivity index (χ2n) is 10.6. The average molecular weight is 667 g/mol. The third-order valence-corrected chi connectivity index (χ3v) is 10.3. The number of hydrogen-bond donors (Lipinski definition) is 1. The van der Waals surface area contributed by atoms with Gasteiger partial charge in [0.1, 0.15) is 17.3 Å². The molecule has 0 amide bonds. The van der Waals surface area contributed by atoms with Gasteiger partial charge >= 0.3 is 0 Å². The number of thiophene rings is 1. The minimum atomic E-state index is -4.23. The number of halogens is 2. The van der Waals surface area contributed by atoms with Crippen molar-refractivity contribution in [2.24, 2.45) is 0 Å². The Balaban J connectivity index is 1.32. The average Bonchev–Trinajstić information content (AvgIpc) is 3.83. The highest BCUT2D eigenvalue weighted by Crippen LogP contribution is 2.37. The van der Waals surface area contributed by atoms with Gasteiger partial charge in [0.25, 0.3) is 10.0 Å². The normalized spacial score (nSPS) is 11.6. The number of nitrogens with zero attached hydrogens (tertiary/aromatic N) is 3. The number of anilines is 1. The van der Waals surface area contributed by atoms with Gasteiger partial charge in [-0.2, -0.15) is 9.49 Å². The number of rotatable bonds is 8. The van der Waals surface area contributed by atoms with E-state index < -0.39 is 27.4 Å². The number of aryl methyl sites for hydroxylation is 1. The van der Waals surface area contributed by atoms with Crippen molar-refractivity contribution in [1.29, 1.82) is 0 Å². The van der Waals surface area contributed by atoms with Crippen molar-refractivity contribution in [2.75, 3.05) is 5.73 Å². The van der Waals surface area contributed by atoms with Crippen LogP contribution in [0.15, 0.2) is 120 Å². The maximum atomic E-state index is 14.3. The largest absolute Gasteiger partial charge is 0.454 e. The number of ketones is 1. The fraction of sp³-hybridized carbons (Fsp3) is 0.0286. The molecular formula is C35H24F2N4O4S2. The lowest BCUT2D eigenvalue weighted by Gasteiger charge is -2.13. The third-order valence-electron chi connectivity index (χ3n) is 7.69. The quantitative estimate of drug-likeness (QED) is 0.165. The topological polar surface area (TPSA) is 109 Å². The molecule has 12 heteroatoms. The predicted octanol–water partition coefficient (Wildman–Crippen LogP) is 7.98. The van der Waals surface area contributed by atoms with Gasteiger partial charge in [-0.05, 0) is 78.5 Å². The molecule has 7 aromatic rings. The second kappa shape index (κ2) is 11.6. The Morgan fingerprint density at radius 1 is 0.915 bits per heavy atom. The molecule has 4 aromatic carbocycles. The molecule has 0 aliphatic heterocycles. The van der Waals surface area contributed by atoms with E-state index in [0.717, 1.165) is 20.5 Å². The van der Waals surface area contributed by atoms with Crippen LogP contribution in [0, 0.1) is 18.6 Å². The van der Waals surface area contributed by atoms with Crippen LogP contribution in [0.2, 0.25) is 0 Å². The zero-order valence-electron chi connectivity index (χ0n) is 24.6. The van der Waals surface area contributed by atoms with Crippen LogP contribution < -0.4 is 10.5 Å². The molecule has 234 valence electrons. The summed E-state index contributed by atoms with van der Waals surface area (Å²) in [5.74, 6) is -2.82. The molecular weight excluding hydrogens is 643 g/mol. The van der Waals surface area contributed by atoms with Gasteiger partial charge in [0.05, 0.1) is 27.9 Å². The number of carbonyl (C=O) groups excluding carboxylic acids is 1. The summed E-state index contributed by atoms with van der Waals surface area (Å²) in [6.07, 6.45) is 1.29. The van der Waals surface area contributed by atoms with Gasteiger partial charge in [-0.25, -0.2) is 21.5 Å². The Bertz CT molecular complexity index is 2420. The summed E-state index contributed by atoms with van der Waals surface area (Å²) in [5, 5.41) is 6.87. The summed E-state index contributed by atoms with van der Waals surface area (Å²) in [6.45, 7) is 1.74. The van der Waals surface area contributed by atoms with Crippen LogP contribution in [-0.2, 0) is 10.0 Å². The van der Waals surface area contributed by atoms with E-state index in [0.29, 0.717) is 22.2 Å². The van der Waals surface area contributed by atoms with Crippen molar-refractivity contribution in [3.05, 3.63) is 143 Å². The molecule has 47 heavy (non-hydrogen) atoms. The molecule has 0 saturated heterocycles. The first kappa shape index (κ1) is 30.1. The second-order valence-corrected chi connectivity index (χ2v) is 13.3. The molecule has 0 spiro atoms. The van der Waals surface area contributed by atoms with Crippen molar-refractivity contribution in [3.8, 4) is 27.6 Å². The molecule has 0 aliphatic rings. The van der Waals surface area contributed by atoms with Gasteiger partial charge < -0.3 is 10.5 Å². The number of nitrogens with two attached hydrogens (primary N) is 1. The highest BCUT2D eigenvalue weighted by molar-refractivity contribution is 7.90. The smallest absolute Gasteiger partial charge is 0.268 e. The minimum Gasteiger partial charge on any atom is -0.454 e. The van der Waals surface area contributed by atoms with E-state index in [1.165, 1.54) is 52.5 Å². The third kappa shape index (κ3) is 5.17. The van der Waals surface area contributed by atoms with Crippen LogP contribution in [0.5, 0.6) is 11.5 Å². The van der Waals surface area contributed by atoms with Crippen LogP contribution in [0.3, 0.4) is 0 Å². The van der Waals surface area contributed by atoms with Gasteiger partial charge in [0, 0.05) is 15.8 Å². The summed E-state index contributed by atoms with van der Waals surface area (Å²) >= 11 is 1.50. The Hall–Kier alpha value is -5.59. The van der Waals surface area contributed by atoms with Crippen LogP contribution in [-0.4, -0.2) is 28.0 Å². The molecule has 3 heterocycles. The summed E-state index contributed by atoms with van der Waals surface area (Å²) < 4.78 is 64.0. The number of hydrogen-bond acceptors (Lipinski definition) is 7. The van der Waals surface area contributed by atoms with Crippen LogP contribution in [0.4, 0.5) is 14.6 Å². The van der Waals surface area contributed by atoms with E-state index in [9.17, 15) is 22.0 Å². The molecule has 2 N–H and O–H groups in total. The number of nitrogen functional groups attached to an aromatic ring is 1. The summed E-state index contributed by atoms with van der Waals surface area (Å²) in [4.78, 5) is 15.2. The minimum absolute atomic E-state index is 0.00319. The molecule has 3 aromatic heterocycles. The molecule has 0 saturated carbocycles. The lowest BCUT2D eigenvalue weighted by molar-refractivity contribution is 0.103. The number of ether oxygens (including phenoxy) is 1. The molecule has 0 atom stereocenters. The Morgan fingerprint density at radius 2 is 1.70 bits per heavy atom. The first-order valence-corrected chi connectivity index (χ1v) is 16.6. The van der Waals surface area contributed by atoms with Crippen LogP contribution >= 0.6 is 11.3 Å². The van der Waals surface area contributed by atoms with Crippen molar-refractivity contribution < 1.29 is 26.7 Å². The Morgan fingerprint density at radius 3 is 2.45 bits per heavy atom. The van der Waals surface area contributed by atoms with E-state index in [1.54, 1.807) is 55.5 Å². The molecule has 0 aliphatic carbocycles. The van der Waals surface area contributed by atoms with Crippen LogP contribution in [0.25, 0.3) is 27.0 Å². The van der Waals surface area contributed by atoms with E-state index in [-0.39, 0.29) is 33.5 Å². The highest BCUT2D eigenvalue weighted by atomic mass is 32.2. The summed E-state index contributed by atoms with van der Waals surface area (Å²) in [6, 6.07) is 27.0. The zero-order chi connectivity index (χ0) is 32.9. The van der Waals surface area contributed by atoms with Crippen molar-refractivity contribution >= 4 is 43.9 Å². The van der Waals surface area contributed by atoms with Crippen molar-refractivity contribution in [1.82, 2.24) is 13.8 Å². The van der Waals surface area contributed by atoms with Crippen LogP contribution in [0.1, 0.15) is 21.6 Å². The molecule has 7 rings (SSSR count). The van der Waals surface area contributed by atoms with E-state index in [1.807, 2.05) is 23.6 Å². The first-order chi connectivity index (χ1) is 22.6. The van der Waals surface area contributed by atoms with E-state index in [4.69, 9.17) is 10.5 Å². The number of benzene rings is 4. The molecule has 0 radical (unpaired) electrons. The van der Waals surface area contributed by atoms with E-state index >= 15 is 0 Å². The van der Waals surface area contributed by atoms with Crippen molar-refractivity contribution in [3.63, 3.8) is 0 Å². The molecule has 8 nitrogen and oxygen atoms in total. The van der Waals surface area contributed by atoms with Crippen molar-refractivity contribution in [2.45, 2.75) is 11.8 Å². The Kier molecular flexibility index (Phi) is 7.45. The van der Waals surface area contributed by atoms with Gasteiger partial charge in [-0.1, -0.05) is 42.5 Å². The number of aromatic nitrogens is 3. The van der Waals surface area contributed by atoms with Gasteiger partial charge in [-0.3, -0.25) is 4.79 Å². The first-order valence-electron chi connectivity index (χ1n) is 14.2. The fourth-order valence-corrected chi connectivity index (χ4v) is 7.74. The molecule has 0 unspecified atom stereocenters. The molecule has 0 fully saturated rings. The lowest BCUT2D eigenvalue weighted by atomic mass is 10.1. The fourth-order valence-electron chi connectivity index (χ4n) is 5.45. The predicted molar refractivity (Wildman–Crippen MR) is 177 cm³/mol. The zero-order valence-corrected chi connectivity index (χ0v) is 26.2. The summed E-state index contributed by atoms with van der Waals surface area (Å²) in [5.41, 5.74) is 8.63. The maximum absolute atomic E-state index is 14.3. The highest BCUT2D eigenvalue weighted by Gasteiger charge is 2.30. The van der Waals surface area contributed by atoms with Gasteiger partial charge in [-0.15, -0.1) is 11.3 Å².